The van der Waals surface area contributed by atoms with Crippen molar-refractivity contribution >= 4 is 5.91 Å². The highest BCUT2D eigenvalue weighted by atomic mass is 16.5. The summed E-state index contributed by atoms with van der Waals surface area (Å²) in [5.74, 6) is 0.838. The zero-order valence-electron chi connectivity index (χ0n) is 13.6. The van der Waals surface area contributed by atoms with Crippen molar-refractivity contribution in [2.75, 3.05) is 6.54 Å². The largest absolute Gasteiger partial charge is 0.339 e. The first-order valence-corrected chi connectivity index (χ1v) is 7.89. The minimum Gasteiger partial charge on any atom is -0.339 e. The average Bonchev–Trinajstić information content (AvgIpc) is 3.23. The molecule has 2 aromatic heterocycles. The summed E-state index contributed by atoms with van der Waals surface area (Å²) in [6.45, 7) is 2.38. The molecule has 3 heterocycles. The molecule has 9 heteroatoms. The van der Waals surface area contributed by atoms with Gasteiger partial charge in [0, 0.05) is 32.3 Å². The maximum atomic E-state index is 12.6. The van der Waals surface area contributed by atoms with Crippen LogP contribution in [0.3, 0.4) is 0 Å². The Bertz CT molecular complexity index is 865. The van der Waals surface area contributed by atoms with Crippen LogP contribution in [0.15, 0.2) is 26.4 Å². The molecule has 1 unspecified atom stereocenters. The Morgan fingerprint density at radius 1 is 1.42 bits per heavy atom. The smallest absolute Gasteiger partial charge is 0.331 e. The Labute approximate surface area is 137 Å². The summed E-state index contributed by atoms with van der Waals surface area (Å²) in [4.78, 5) is 42.1. The van der Waals surface area contributed by atoms with E-state index in [9.17, 15) is 14.4 Å². The molecule has 3 rings (SSSR count). The molecule has 128 valence electrons. The number of likely N-dealkylation sites (tertiary alicyclic amines) is 1. The number of aromatic nitrogens is 4. The maximum Gasteiger partial charge on any atom is 0.331 e. The predicted molar refractivity (Wildman–Crippen MR) is 83.3 cm³/mol. The lowest BCUT2D eigenvalue weighted by Crippen LogP contribution is -2.41. The van der Waals surface area contributed by atoms with Crippen molar-refractivity contribution in [1.29, 1.82) is 0 Å². The maximum absolute atomic E-state index is 12.6. The number of rotatable bonds is 4. The van der Waals surface area contributed by atoms with Crippen molar-refractivity contribution in [3.63, 3.8) is 0 Å². The average molecular weight is 333 g/mol. The van der Waals surface area contributed by atoms with Crippen LogP contribution in [0.2, 0.25) is 0 Å². The lowest BCUT2D eigenvalue weighted by Gasteiger charge is -2.22. The number of aryl methyl sites for hydroxylation is 1. The van der Waals surface area contributed by atoms with Gasteiger partial charge in [-0.2, -0.15) is 4.98 Å². The molecule has 1 atom stereocenters. The van der Waals surface area contributed by atoms with E-state index < -0.39 is 11.2 Å². The fraction of sp³-hybridized carbons (Fsp3) is 0.533. The molecule has 1 aliphatic heterocycles. The summed E-state index contributed by atoms with van der Waals surface area (Å²) < 4.78 is 7.33. The van der Waals surface area contributed by atoms with Crippen LogP contribution in [0.1, 0.15) is 37.5 Å². The van der Waals surface area contributed by atoms with Gasteiger partial charge in [0.25, 0.3) is 5.56 Å². The molecule has 0 spiro atoms. The van der Waals surface area contributed by atoms with Gasteiger partial charge in [0.05, 0.1) is 6.04 Å². The molecule has 1 aliphatic rings. The number of hydrogen-bond acceptors (Lipinski definition) is 6. The molecule has 0 N–H and O–H groups in total. The van der Waals surface area contributed by atoms with Gasteiger partial charge < -0.3 is 9.42 Å². The summed E-state index contributed by atoms with van der Waals surface area (Å²) >= 11 is 0. The highest BCUT2D eigenvalue weighted by Crippen LogP contribution is 2.30. The normalized spacial score (nSPS) is 17.4. The lowest BCUT2D eigenvalue weighted by atomic mass is 10.2. The topological polar surface area (TPSA) is 103 Å². The van der Waals surface area contributed by atoms with Gasteiger partial charge in [-0.3, -0.25) is 18.7 Å². The monoisotopic (exact) mass is 333 g/mol. The summed E-state index contributed by atoms with van der Waals surface area (Å²) in [7, 11) is 1.38. The highest BCUT2D eigenvalue weighted by molar-refractivity contribution is 5.76. The SMILES string of the molecule is CCc1nc(C2CCCN2C(=O)Cn2ccc(=O)n(C)c2=O)no1. The molecule has 0 bridgehead atoms. The van der Waals surface area contributed by atoms with Crippen LogP contribution in [-0.2, 0) is 24.8 Å². The summed E-state index contributed by atoms with van der Waals surface area (Å²) in [5, 5.41) is 3.96. The Balaban J connectivity index is 1.80. The van der Waals surface area contributed by atoms with Crippen molar-refractivity contribution in [1.82, 2.24) is 24.2 Å². The van der Waals surface area contributed by atoms with E-state index in [0.29, 0.717) is 24.7 Å². The summed E-state index contributed by atoms with van der Waals surface area (Å²) in [6.07, 6.45) is 3.59. The molecule has 0 aliphatic carbocycles. The summed E-state index contributed by atoms with van der Waals surface area (Å²) in [6, 6.07) is 1.04. The number of amides is 1. The molecular weight excluding hydrogens is 314 g/mol. The van der Waals surface area contributed by atoms with Crippen molar-refractivity contribution in [2.45, 2.75) is 38.8 Å². The molecule has 9 nitrogen and oxygen atoms in total. The quantitative estimate of drug-likeness (QED) is 0.771. The van der Waals surface area contributed by atoms with E-state index in [2.05, 4.69) is 10.1 Å². The third kappa shape index (κ3) is 2.89. The van der Waals surface area contributed by atoms with Crippen LogP contribution in [0.4, 0.5) is 0 Å². The molecule has 1 saturated heterocycles. The number of carbonyl (C=O) groups excluding carboxylic acids is 1. The van der Waals surface area contributed by atoms with Crippen LogP contribution < -0.4 is 11.2 Å². The minimum atomic E-state index is -0.514. The number of carbonyl (C=O) groups is 1. The van der Waals surface area contributed by atoms with Gasteiger partial charge in [-0.1, -0.05) is 12.1 Å². The van der Waals surface area contributed by atoms with Gasteiger partial charge in [-0.05, 0) is 12.8 Å². The third-order valence-electron chi connectivity index (χ3n) is 4.22. The van der Waals surface area contributed by atoms with E-state index in [0.717, 1.165) is 17.4 Å². The highest BCUT2D eigenvalue weighted by Gasteiger charge is 2.33. The van der Waals surface area contributed by atoms with E-state index in [1.165, 1.54) is 23.9 Å². The van der Waals surface area contributed by atoms with E-state index in [1.807, 2.05) is 6.92 Å². The van der Waals surface area contributed by atoms with Crippen LogP contribution in [0.25, 0.3) is 0 Å². The van der Waals surface area contributed by atoms with Gasteiger partial charge in [0.1, 0.15) is 6.54 Å². The van der Waals surface area contributed by atoms with Gasteiger partial charge >= 0.3 is 5.69 Å². The molecule has 0 radical (unpaired) electrons. The summed E-state index contributed by atoms with van der Waals surface area (Å²) in [5.41, 5.74) is -0.916. The Morgan fingerprint density at radius 2 is 2.21 bits per heavy atom. The molecule has 0 saturated carbocycles. The number of hydrogen-bond donors (Lipinski definition) is 0. The fourth-order valence-corrected chi connectivity index (χ4v) is 2.85. The van der Waals surface area contributed by atoms with Crippen molar-refractivity contribution in [3.8, 4) is 0 Å². The second kappa shape index (κ2) is 6.42. The molecule has 0 aromatic carbocycles. The minimum absolute atomic E-state index is 0.123. The van der Waals surface area contributed by atoms with Gasteiger partial charge in [0.15, 0.2) is 5.82 Å². The molecule has 2 aromatic rings. The van der Waals surface area contributed by atoms with Crippen LogP contribution in [0.5, 0.6) is 0 Å². The molecule has 1 amide bonds. The molecule has 1 fully saturated rings. The van der Waals surface area contributed by atoms with Crippen molar-refractivity contribution in [2.24, 2.45) is 7.05 Å². The molecule has 24 heavy (non-hydrogen) atoms. The molecular formula is C15H19N5O4. The van der Waals surface area contributed by atoms with Gasteiger partial charge in [-0.15, -0.1) is 0 Å². The first-order valence-electron chi connectivity index (χ1n) is 7.89. The second-order valence-corrected chi connectivity index (χ2v) is 5.77. The second-order valence-electron chi connectivity index (χ2n) is 5.77. The van der Waals surface area contributed by atoms with Crippen LogP contribution >= 0.6 is 0 Å². The Kier molecular flexibility index (Phi) is 4.32. The number of nitrogens with zero attached hydrogens (tertiary/aromatic N) is 5. The zero-order chi connectivity index (χ0) is 17.3. The van der Waals surface area contributed by atoms with Crippen molar-refractivity contribution < 1.29 is 9.32 Å². The first-order chi connectivity index (χ1) is 11.5. The van der Waals surface area contributed by atoms with E-state index >= 15 is 0 Å². The lowest BCUT2D eigenvalue weighted by molar-refractivity contribution is -0.133. The fourth-order valence-electron chi connectivity index (χ4n) is 2.85. The standard InChI is InChI=1S/C15H19N5O4/c1-3-11-16-14(17-24-11)10-5-4-7-20(10)13(22)9-19-8-6-12(21)18(2)15(19)23/h6,8,10H,3-5,7,9H2,1-2H3. The Hall–Kier alpha value is -2.71. The van der Waals surface area contributed by atoms with Gasteiger partial charge in [0.2, 0.25) is 11.8 Å². The first kappa shape index (κ1) is 16.2. The third-order valence-corrected chi connectivity index (χ3v) is 4.22. The van der Waals surface area contributed by atoms with Crippen LogP contribution in [0, 0.1) is 0 Å². The van der Waals surface area contributed by atoms with E-state index in [1.54, 1.807) is 4.90 Å². The van der Waals surface area contributed by atoms with E-state index in [4.69, 9.17) is 4.52 Å². The predicted octanol–water partition coefficient (Wildman–Crippen LogP) is -0.144. The zero-order valence-corrected chi connectivity index (χ0v) is 13.6. The Morgan fingerprint density at radius 3 is 2.92 bits per heavy atom. The van der Waals surface area contributed by atoms with Crippen LogP contribution in [-0.4, -0.2) is 36.6 Å². The van der Waals surface area contributed by atoms with Crippen molar-refractivity contribution in [3.05, 3.63) is 44.8 Å². The van der Waals surface area contributed by atoms with Gasteiger partial charge in [-0.25, -0.2) is 4.79 Å². The van der Waals surface area contributed by atoms with E-state index in [-0.39, 0.29) is 18.5 Å².